The summed E-state index contributed by atoms with van der Waals surface area (Å²) in [5.41, 5.74) is 1.44. The van der Waals surface area contributed by atoms with E-state index >= 15 is 0 Å². The van der Waals surface area contributed by atoms with Crippen LogP contribution >= 0.6 is 0 Å². The van der Waals surface area contributed by atoms with Gasteiger partial charge in [0.2, 0.25) is 11.8 Å². The van der Waals surface area contributed by atoms with Gasteiger partial charge in [0.15, 0.2) is 0 Å². The number of methoxy groups -OCH3 is 1. The van der Waals surface area contributed by atoms with Crippen LogP contribution in [0.15, 0.2) is 34.9 Å². The predicted molar refractivity (Wildman–Crippen MR) is 92.7 cm³/mol. The van der Waals surface area contributed by atoms with Gasteiger partial charge in [-0.25, -0.2) is 4.98 Å². The Morgan fingerprint density at radius 2 is 1.96 bits per heavy atom. The van der Waals surface area contributed by atoms with E-state index in [-0.39, 0.29) is 11.4 Å². The fraction of sp³-hybridized carbons (Fsp3) is 0.444. The number of oxazole rings is 1. The first-order valence-electron chi connectivity index (χ1n) is 7.85. The molecule has 0 unspecified atom stereocenters. The zero-order valence-corrected chi connectivity index (χ0v) is 14.9. The van der Waals surface area contributed by atoms with Crippen molar-refractivity contribution in [3.8, 4) is 17.2 Å². The van der Waals surface area contributed by atoms with E-state index in [1.54, 1.807) is 13.4 Å². The quantitative estimate of drug-likeness (QED) is 0.881. The molecule has 2 aromatic rings. The van der Waals surface area contributed by atoms with E-state index in [0.29, 0.717) is 19.0 Å². The number of rotatable bonds is 6. The van der Waals surface area contributed by atoms with E-state index in [1.807, 2.05) is 57.0 Å². The SMILES string of the molecule is COc1ccc(-c2nc(CN(C)CC(=O)NC(C)(C)C)co2)cc1. The summed E-state index contributed by atoms with van der Waals surface area (Å²) in [5.74, 6) is 1.33. The van der Waals surface area contributed by atoms with Crippen LogP contribution in [0.1, 0.15) is 26.5 Å². The molecule has 0 radical (unpaired) electrons. The topological polar surface area (TPSA) is 67.6 Å². The second kappa shape index (κ2) is 7.49. The number of nitrogens with zero attached hydrogens (tertiary/aromatic N) is 2. The molecule has 0 atom stereocenters. The van der Waals surface area contributed by atoms with E-state index in [2.05, 4.69) is 10.3 Å². The fourth-order valence-corrected chi connectivity index (χ4v) is 2.28. The minimum absolute atomic E-state index is 0.0103. The molecule has 1 aromatic carbocycles. The molecule has 0 saturated heterocycles. The number of amides is 1. The van der Waals surface area contributed by atoms with Crippen molar-refractivity contribution in [3.05, 3.63) is 36.2 Å². The van der Waals surface area contributed by atoms with Gasteiger partial charge in [-0.05, 0) is 52.1 Å². The van der Waals surface area contributed by atoms with E-state index < -0.39 is 0 Å². The molecule has 1 N–H and O–H groups in total. The molecule has 1 aromatic heterocycles. The lowest BCUT2D eigenvalue weighted by atomic mass is 10.1. The van der Waals surface area contributed by atoms with Gasteiger partial charge in [0.25, 0.3) is 0 Å². The van der Waals surface area contributed by atoms with Gasteiger partial charge in [-0.3, -0.25) is 9.69 Å². The van der Waals surface area contributed by atoms with Gasteiger partial charge in [-0.1, -0.05) is 0 Å². The summed E-state index contributed by atoms with van der Waals surface area (Å²) in [6.45, 7) is 6.73. The average Bonchev–Trinajstić information content (AvgIpc) is 2.93. The number of hydrogen-bond acceptors (Lipinski definition) is 5. The van der Waals surface area contributed by atoms with Crippen molar-refractivity contribution in [1.29, 1.82) is 0 Å². The highest BCUT2D eigenvalue weighted by Crippen LogP contribution is 2.22. The highest BCUT2D eigenvalue weighted by Gasteiger charge is 2.16. The molecule has 24 heavy (non-hydrogen) atoms. The number of aromatic nitrogens is 1. The third-order valence-electron chi connectivity index (χ3n) is 3.25. The van der Waals surface area contributed by atoms with E-state index in [1.165, 1.54) is 0 Å². The van der Waals surface area contributed by atoms with Crippen molar-refractivity contribution >= 4 is 5.91 Å². The standard InChI is InChI=1S/C18H25N3O3/c1-18(2,3)20-16(22)11-21(4)10-14-12-24-17(19-14)13-6-8-15(23-5)9-7-13/h6-9,12H,10-11H2,1-5H3,(H,20,22). The summed E-state index contributed by atoms with van der Waals surface area (Å²) >= 11 is 0. The van der Waals surface area contributed by atoms with E-state index in [0.717, 1.165) is 17.0 Å². The first-order valence-corrected chi connectivity index (χ1v) is 7.85. The highest BCUT2D eigenvalue weighted by atomic mass is 16.5. The maximum Gasteiger partial charge on any atom is 0.234 e. The first-order chi connectivity index (χ1) is 11.3. The van der Waals surface area contributed by atoms with Crippen LogP contribution in [0.4, 0.5) is 0 Å². The molecular formula is C18H25N3O3. The number of carbonyl (C=O) groups excluding carboxylic acids is 1. The number of ether oxygens (including phenoxy) is 1. The molecule has 0 fully saturated rings. The normalized spacial score (nSPS) is 11.6. The van der Waals surface area contributed by atoms with Crippen LogP contribution in [-0.2, 0) is 11.3 Å². The van der Waals surface area contributed by atoms with Gasteiger partial charge < -0.3 is 14.5 Å². The van der Waals surface area contributed by atoms with Crippen LogP contribution < -0.4 is 10.1 Å². The Morgan fingerprint density at radius 3 is 2.54 bits per heavy atom. The van der Waals surface area contributed by atoms with Crippen LogP contribution in [0.3, 0.4) is 0 Å². The highest BCUT2D eigenvalue weighted by molar-refractivity contribution is 5.78. The number of nitrogens with one attached hydrogen (secondary N) is 1. The van der Waals surface area contributed by atoms with Gasteiger partial charge in [-0.15, -0.1) is 0 Å². The molecule has 0 bridgehead atoms. The molecule has 0 spiro atoms. The molecule has 1 heterocycles. The molecule has 130 valence electrons. The lowest BCUT2D eigenvalue weighted by molar-refractivity contribution is -0.123. The maximum absolute atomic E-state index is 11.9. The van der Waals surface area contributed by atoms with Crippen molar-refractivity contribution in [2.75, 3.05) is 20.7 Å². The summed E-state index contributed by atoms with van der Waals surface area (Å²) in [4.78, 5) is 18.3. The number of likely N-dealkylation sites (N-methyl/N-ethyl adjacent to an activating group) is 1. The molecule has 2 rings (SSSR count). The molecular weight excluding hydrogens is 306 g/mol. The Hall–Kier alpha value is -2.34. The molecule has 0 aliphatic rings. The number of carbonyl (C=O) groups is 1. The largest absolute Gasteiger partial charge is 0.497 e. The van der Waals surface area contributed by atoms with Crippen LogP contribution in [0.25, 0.3) is 11.5 Å². The Balaban J connectivity index is 1.94. The van der Waals surface area contributed by atoms with Crippen molar-refractivity contribution in [2.45, 2.75) is 32.9 Å². The third-order valence-corrected chi connectivity index (χ3v) is 3.25. The van der Waals surface area contributed by atoms with Crippen molar-refractivity contribution < 1.29 is 13.9 Å². The third kappa shape index (κ3) is 5.38. The average molecular weight is 331 g/mol. The Bertz CT molecular complexity index is 672. The number of benzene rings is 1. The second-order valence-electron chi connectivity index (χ2n) is 6.84. The minimum Gasteiger partial charge on any atom is -0.497 e. The van der Waals surface area contributed by atoms with Crippen molar-refractivity contribution in [2.24, 2.45) is 0 Å². The molecule has 0 aliphatic heterocycles. The smallest absolute Gasteiger partial charge is 0.234 e. The Morgan fingerprint density at radius 1 is 1.29 bits per heavy atom. The summed E-state index contributed by atoms with van der Waals surface area (Å²) < 4.78 is 10.7. The van der Waals surface area contributed by atoms with Gasteiger partial charge in [0.05, 0.1) is 19.3 Å². The molecule has 0 saturated carbocycles. The number of hydrogen-bond donors (Lipinski definition) is 1. The van der Waals surface area contributed by atoms with Crippen molar-refractivity contribution in [3.63, 3.8) is 0 Å². The summed E-state index contributed by atoms with van der Waals surface area (Å²) in [6, 6.07) is 7.52. The second-order valence-corrected chi connectivity index (χ2v) is 6.84. The Labute approximate surface area is 142 Å². The van der Waals surface area contributed by atoms with E-state index in [9.17, 15) is 4.79 Å². The zero-order chi connectivity index (χ0) is 17.7. The van der Waals surface area contributed by atoms with Gasteiger partial charge >= 0.3 is 0 Å². The predicted octanol–water partition coefficient (Wildman–Crippen LogP) is 2.70. The van der Waals surface area contributed by atoms with Crippen LogP contribution in [0.5, 0.6) is 5.75 Å². The van der Waals surface area contributed by atoms with Crippen LogP contribution in [0, 0.1) is 0 Å². The monoisotopic (exact) mass is 331 g/mol. The summed E-state index contributed by atoms with van der Waals surface area (Å²) in [6.07, 6.45) is 1.62. The zero-order valence-electron chi connectivity index (χ0n) is 14.9. The van der Waals surface area contributed by atoms with Gasteiger partial charge in [0.1, 0.15) is 12.0 Å². The van der Waals surface area contributed by atoms with Crippen LogP contribution in [-0.4, -0.2) is 42.0 Å². The van der Waals surface area contributed by atoms with Gasteiger partial charge in [0, 0.05) is 17.6 Å². The molecule has 6 nitrogen and oxygen atoms in total. The lowest BCUT2D eigenvalue weighted by Crippen LogP contribution is -2.45. The molecule has 6 heteroatoms. The van der Waals surface area contributed by atoms with E-state index in [4.69, 9.17) is 9.15 Å². The van der Waals surface area contributed by atoms with Crippen molar-refractivity contribution in [1.82, 2.24) is 15.2 Å². The lowest BCUT2D eigenvalue weighted by Gasteiger charge is -2.22. The summed E-state index contributed by atoms with van der Waals surface area (Å²) in [7, 11) is 3.51. The Kier molecular flexibility index (Phi) is 5.62. The van der Waals surface area contributed by atoms with Crippen LogP contribution in [0.2, 0.25) is 0 Å². The first kappa shape index (κ1) is 18.0. The summed E-state index contributed by atoms with van der Waals surface area (Å²) in [5, 5.41) is 2.94. The van der Waals surface area contributed by atoms with Gasteiger partial charge in [-0.2, -0.15) is 0 Å². The minimum atomic E-state index is -0.229. The maximum atomic E-state index is 11.9. The molecule has 1 amide bonds. The fourth-order valence-electron chi connectivity index (χ4n) is 2.28. The molecule has 0 aliphatic carbocycles.